The zero-order valence-corrected chi connectivity index (χ0v) is 13.2. The van der Waals surface area contributed by atoms with Gasteiger partial charge in [-0.1, -0.05) is 6.58 Å². The number of benzene rings is 2. The van der Waals surface area contributed by atoms with Crippen LogP contribution < -0.4 is 14.2 Å². The summed E-state index contributed by atoms with van der Waals surface area (Å²) in [5, 5.41) is 0. The molecule has 0 amide bonds. The molecule has 2 rings (SSSR count). The Morgan fingerprint density at radius 1 is 1.04 bits per heavy atom. The normalized spacial score (nSPS) is 9.84. The Bertz CT molecular complexity index is 826. The van der Waals surface area contributed by atoms with E-state index in [9.17, 15) is 18.8 Å². The summed E-state index contributed by atoms with van der Waals surface area (Å²) >= 11 is 0. The topological polar surface area (TPSA) is 78.9 Å². The van der Waals surface area contributed by atoms with Gasteiger partial charge in [0, 0.05) is 0 Å². The Morgan fingerprint density at radius 3 is 2.24 bits per heavy atom. The Hall–Kier alpha value is -3.48. The van der Waals surface area contributed by atoms with E-state index in [0.29, 0.717) is 23.5 Å². The van der Waals surface area contributed by atoms with E-state index < -0.39 is 17.8 Å². The monoisotopic (exact) mass is 344 g/mol. The van der Waals surface area contributed by atoms with Crippen LogP contribution in [0.15, 0.2) is 54.9 Å². The van der Waals surface area contributed by atoms with Crippen LogP contribution in [0.4, 0.5) is 4.39 Å². The summed E-state index contributed by atoms with van der Waals surface area (Å²) < 4.78 is 27.2. The maximum absolute atomic E-state index is 12.6. The summed E-state index contributed by atoms with van der Waals surface area (Å²) in [6.07, 6.45) is 0. The van der Waals surface area contributed by atoms with Crippen molar-refractivity contribution in [3.05, 3.63) is 66.0 Å². The Kier molecular flexibility index (Phi) is 5.62. The molecule has 2 aromatic rings. The SMILES string of the molecule is C=C(F)C(=O)Oc1ccc(C(=O)Oc2ccc(OC=O)cc2C)cc1. The first-order valence-corrected chi connectivity index (χ1v) is 7.00. The van der Waals surface area contributed by atoms with Crippen molar-refractivity contribution in [2.75, 3.05) is 0 Å². The summed E-state index contributed by atoms with van der Waals surface area (Å²) in [6.45, 7) is 4.81. The molecule has 0 spiro atoms. The molecule has 0 atom stereocenters. The van der Waals surface area contributed by atoms with Crippen molar-refractivity contribution in [3.63, 3.8) is 0 Å². The standard InChI is InChI=1S/C18H13FO6/c1-11-9-15(23-10-20)7-8-16(11)25-18(22)13-3-5-14(6-4-13)24-17(21)12(2)19/h3-10H,2H2,1H3. The van der Waals surface area contributed by atoms with E-state index in [1.165, 1.54) is 36.4 Å². The molecule has 25 heavy (non-hydrogen) atoms. The predicted octanol–water partition coefficient (Wildman–Crippen LogP) is 3.14. The number of aryl methyl sites for hydroxylation is 1. The minimum Gasteiger partial charge on any atom is -0.429 e. The van der Waals surface area contributed by atoms with Gasteiger partial charge in [-0.3, -0.25) is 4.79 Å². The van der Waals surface area contributed by atoms with Gasteiger partial charge in [-0.05, 0) is 55.0 Å². The number of halogens is 1. The van der Waals surface area contributed by atoms with Crippen LogP contribution in [-0.2, 0) is 9.59 Å². The van der Waals surface area contributed by atoms with Gasteiger partial charge < -0.3 is 14.2 Å². The largest absolute Gasteiger partial charge is 0.429 e. The Morgan fingerprint density at radius 2 is 1.68 bits per heavy atom. The van der Waals surface area contributed by atoms with Gasteiger partial charge in [0.05, 0.1) is 5.56 Å². The van der Waals surface area contributed by atoms with Crippen molar-refractivity contribution in [1.29, 1.82) is 0 Å². The molecule has 6 nitrogen and oxygen atoms in total. The van der Waals surface area contributed by atoms with Crippen LogP contribution in [0.3, 0.4) is 0 Å². The summed E-state index contributed by atoms with van der Waals surface area (Å²) in [5.41, 5.74) is 0.797. The van der Waals surface area contributed by atoms with Crippen LogP contribution in [-0.4, -0.2) is 18.4 Å². The lowest BCUT2D eigenvalue weighted by Gasteiger charge is -2.09. The third kappa shape index (κ3) is 4.74. The number of hydrogen-bond donors (Lipinski definition) is 0. The van der Waals surface area contributed by atoms with E-state index in [-0.39, 0.29) is 11.3 Å². The molecular weight excluding hydrogens is 331 g/mol. The molecule has 0 N–H and O–H groups in total. The van der Waals surface area contributed by atoms with Gasteiger partial charge >= 0.3 is 11.9 Å². The number of carbonyl (C=O) groups excluding carboxylic acids is 3. The molecule has 0 saturated carbocycles. The highest BCUT2D eigenvalue weighted by Gasteiger charge is 2.13. The van der Waals surface area contributed by atoms with E-state index in [4.69, 9.17) is 9.47 Å². The summed E-state index contributed by atoms with van der Waals surface area (Å²) in [4.78, 5) is 33.5. The van der Waals surface area contributed by atoms with Crippen molar-refractivity contribution >= 4 is 18.4 Å². The van der Waals surface area contributed by atoms with Crippen LogP contribution in [0.25, 0.3) is 0 Å². The maximum atomic E-state index is 12.6. The summed E-state index contributed by atoms with van der Waals surface area (Å²) in [7, 11) is 0. The third-order valence-corrected chi connectivity index (χ3v) is 3.06. The molecule has 0 aromatic heterocycles. The van der Waals surface area contributed by atoms with E-state index in [2.05, 4.69) is 11.3 Å². The second kappa shape index (κ2) is 7.87. The smallest absolute Gasteiger partial charge is 0.371 e. The number of hydrogen-bond acceptors (Lipinski definition) is 6. The van der Waals surface area contributed by atoms with Crippen LogP contribution in [0.5, 0.6) is 17.2 Å². The molecule has 128 valence electrons. The highest BCUT2D eigenvalue weighted by Crippen LogP contribution is 2.24. The Labute approximate surface area is 142 Å². The molecule has 0 bridgehead atoms. The van der Waals surface area contributed by atoms with Crippen LogP contribution in [0, 0.1) is 6.92 Å². The molecule has 2 aromatic carbocycles. The molecule has 0 aliphatic rings. The lowest BCUT2D eigenvalue weighted by Crippen LogP contribution is -2.10. The van der Waals surface area contributed by atoms with E-state index in [0.717, 1.165) is 0 Å². The van der Waals surface area contributed by atoms with Crippen LogP contribution in [0.1, 0.15) is 15.9 Å². The first-order valence-electron chi connectivity index (χ1n) is 7.00. The molecular formula is C18H13FO6. The van der Waals surface area contributed by atoms with E-state index in [1.54, 1.807) is 13.0 Å². The Balaban J connectivity index is 2.07. The number of rotatable bonds is 6. The first-order chi connectivity index (χ1) is 11.9. The van der Waals surface area contributed by atoms with Crippen molar-refractivity contribution in [2.45, 2.75) is 6.92 Å². The molecule has 0 unspecified atom stereocenters. The van der Waals surface area contributed by atoms with Crippen molar-refractivity contribution < 1.29 is 33.0 Å². The molecule has 0 heterocycles. The van der Waals surface area contributed by atoms with Gasteiger partial charge in [0.15, 0.2) is 0 Å². The first kappa shape index (κ1) is 17.9. The van der Waals surface area contributed by atoms with E-state index >= 15 is 0 Å². The molecule has 7 heteroatoms. The zero-order chi connectivity index (χ0) is 18.4. The zero-order valence-electron chi connectivity index (χ0n) is 13.2. The molecule has 0 aliphatic carbocycles. The van der Waals surface area contributed by atoms with Crippen molar-refractivity contribution in [1.82, 2.24) is 0 Å². The van der Waals surface area contributed by atoms with Gasteiger partial charge in [-0.15, -0.1) is 0 Å². The summed E-state index contributed by atoms with van der Waals surface area (Å²) in [6, 6.07) is 9.90. The highest BCUT2D eigenvalue weighted by molar-refractivity contribution is 5.91. The van der Waals surface area contributed by atoms with Crippen LogP contribution >= 0.6 is 0 Å². The summed E-state index contributed by atoms with van der Waals surface area (Å²) in [5.74, 6) is -2.38. The van der Waals surface area contributed by atoms with Gasteiger partial charge in [-0.2, -0.15) is 4.39 Å². The van der Waals surface area contributed by atoms with Gasteiger partial charge in [0.2, 0.25) is 5.83 Å². The molecule has 0 saturated heterocycles. The lowest BCUT2D eigenvalue weighted by molar-refractivity contribution is -0.131. The van der Waals surface area contributed by atoms with Gasteiger partial charge in [0.1, 0.15) is 17.2 Å². The average Bonchev–Trinajstić information content (AvgIpc) is 2.58. The second-order valence-electron chi connectivity index (χ2n) is 4.85. The number of esters is 2. The van der Waals surface area contributed by atoms with Crippen LogP contribution in [0.2, 0.25) is 0 Å². The molecule has 0 aliphatic heterocycles. The highest BCUT2D eigenvalue weighted by atomic mass is 19.1. The maximum Gasteiger partial charge on any atom is 0.371 e. The quantitative estimate of drug-likeness (QED) is 0.347. The van der Waals surface area contributed by atoms with E-state index in [1.807, 2.05) is 0 Å². The van der Waals surface area contributed by atoms with Crippen molar-refractivity contribution in [3.8, 4) is 17.2 Å². The third-order valence-electron chi connectivity index (χ3n) is 3.06. The van der Waals surface area contributed by atoms with Gasteiger partial charge in [0.25, 0.3) is 6.47 Å². The fourth-order valence-electron chi connectivity index (χ4n) is 1.85. The van der Waals surface area contributed by atoms with Gasteiger partial charge in [-0.25, -0.2) is 9.59 Å². The molecule has 0 radical (unpaired) electrons. The lowest BCUT2D eigenvalue weighted by atomic mass is 10.2. The second-order valence-corrected chi connectivity index (χ2v) is 4.85. The number of carbonyl (C=O) groups is 3. The fourth-order valence-corrected chi connectivity index (χ4v) is 1.85. The number of ether oxygens (including phenoxy) is 3. The predicted molar refractivity (Wildman–Crippen MR) is 85.2 cm³/mol. The average molecular weight is 344 g/mol. The minimum atomic E-state index is -1.22. The fraction of sp³-hybridized carbons (Fsp3) is 0.0556. The van der Waals surface area contributed by atoms with Crippen molar-refractivity contribution in [2.24, 2.45) is 0 Å². The minimum absolute atomic E-state index is 0.0619. The molecule has 0 fully saturated rings.